The maximum atomic E-state index is 12.5. The zero-order chi connectivity index (χ0) is 23.2. The van der Waals surface area contributed by atoms with E-state index in [0.717, 1.165) is 45.8 Å². The van der Waals surface area contributed by atoms with E-state index in [2.05, 4.69) is 17.1 Å². The summed E-state index contributed by atoms with van der Waals surface area (Å²) in [5.74, 6) is 2.30. The van der Waals surface area contributed by atoms with Crippen LogP contribution in [0.3, 0.4) is 0 Å². The average molecular weight is 479 g/mol. The summed E-state index contributed by atoms with van der Waals surface area (Å²) in [6.07, 6.45) is 0.942. The number of carbonyl (C=O) groups is 1. The third-order valence-electron chi connectivity index (χ3n) is 5.18. The zero-order valence-corrected chi connectivity index (χ0v) is 20.5. The van der Waals surface area contributed by atoms with Crippen LogP contribution < -0.4 is 4.74 Å². The molecule has 0 saturated heterocycles. The Kier molecular flexibility index (Phi) is 7.47. The lowest BCUT2D eigenvalue weighted by Crippen LogP contribution is -2.27. The highest BCUT2D eigenvalue weighted by Gasteiger charge is 2.19. The van der Waals surface area contributed by atoms with Gasteiger partial charge < -0.3 is 9.64 Å². The molecule has 0 aliphatic rings. The molecule has 0 N–H and O–H groups in total. The molecule has 0 fully saturated rings. The van der Waals surface area contributed by atoms with Gasteiger partial charge in [-0.3, -0.25) is 9.36 Å². The van der Waals surface area contributed by atoms with Crippen LogP contribution in [0.2, 0.25) is 0 Å². The number of nitrogens with zero attached hydrogens (tertiary/aromatic N) is 4. The zero-order valence-electron chi connectivity index (χ0n) is 18.9. The van der Waals surface area contributed by atoms with Crippen LogP contribution in [-0.2, 0) is 5.75 Å². The first-order chi connectivity index (χ1) is 16.1. The highest BCUT2D eigenvalue weighted by Crippen LogP contribution is 2.35. The van der Waals surface area contributed by atoms with Crippen LogP contribution in [0.4, 0.5) is 0 Å². The van der Waals surface area contributed by atoms with Crippen LogP contribution >= 0.6 is 23.1 Å². The Bertz CT molecular complexity index is 1200. The number of hydrogen-bond donors (Lipinski definition) is 0. The minimum absolute atomic E-state index is 0.0487. The summed E-state index contributed by atoms with van der Waals surface area (Å²) in [7, 11) is 3.51. The van der Waals surface area contributed by atoms with E-state index in [1.54, 1.807) is 35.1 Å². The monoisotopic (exact) mass is 478 g/mol. The third-order valence-corrected chi connectivity index (χ3v) is 7.04. The first-order valence-corrected chi connectivity index (χ1v) is 12.6. The van der Waals surface area contributed by atoms with Gasteiger partial charge in [-0.15, -0.1) is 21.5 Å². The summed E-state index contributed by atoms with van der Waals surface area (Å²) < 4.78 is 7.66. The van der Waals surface area contributed by atoms with Crippen molar-refractivity contribution in [3.63, 3.8) is 0 Å². The lowest BCUT2D eigenvalue weighted by atomic mass is 10.1. The number of thioether (sulfide) groups is 1. The molecule has 6 nitrogen and oxygen atoms in total. The molecule has 0 aliphatic carbocycles. The summed E-state index contributed by atoms with van der Waals surface area (Å²) in [6.45, 7) is 2.82. The SMILES string of the molecule is CCCN(C)C(=O)c1ccc(CSc2nnc(-c3cccs3)n2-c2ccccc2OC)cc1. The Hall–Kier alpha value is -3.10. The number of benzene rings is 2. The third kappa shape index (κ3) is 5.12. The van der Waals surface area contributed by atoms with Crippen molar-refractivity contribution in [3.8, 4) is 22.1 Å². The molecule has 2 aromatic carbocycles. The summed E-state index contributed by atoms with van der Waals surface area (Å²) in [6, 6.07) is 19.7. The fourth-order valence-corrected chi connectivity index (χ4v) is 5.11. The molecule has 1 amide bonds. The number of amides is 1. The molecule has 0 radical (unpaired) electrons. The van der Waals surface area contributed by atoms with Crippen LogP contribution in [0.1, 0.15) is 29.3 Å². The quantitative estimate of drug-likeness (QED) is 0.286. The second-order valence-electron chi connectivity index (χ2n) is 7.50. The van der Waals surface area contributed by atoms with E-state index >= 15 is 0 Å². The van der Waals surface area contributed by atoms with Crippen LogP contribution in [0.15, 0.2) is 71.2 Å². The Morgan fingerprint density at radius 2 is 1.88 bits per heavy atom. The molecular weight excluding hydrogens is 452 g/mol. The van der Waals surface area contributed by atoms with Gasteiger partial charge in [0.15, 0.2) is 11.0 Å². The highest BCUT2D eigenvalue weighted by molar-refractivity contribution is 7.98. The van der Waals surface area contributed by atoms with Crippen molar-refractivity contribution in [2.24, 2.45) is 0 Å². The number of carbonyl (C=O) groups excluding carboxylic acids is 1. The number of methoxy groups -OCH3 is 1. The van der Waals surface area contributed by atoms with Gasteiger partial charge in [0, 0.05) is 24.9 Å². The van der Waals surface area contributed by atoms with Gasteiger partial charge in [0.2, 0.25) is 0 Å². The van der Waals surface area contributed by atoms with Gasteiger partial charge in [-0.05, 0) is 47.7 Å². The summed E-state index contributed by atoms with van der Waals surface area (Å²) in [4.78, 5) is 15.3. The van der Waals surface area contributed by atoms with Crippen LogP contribution in [0.25, 0.3) is 16.4 Å². The predicted octanol–water partition coefficient (Wildman–Crippen LogP) is 5.78. The average Bonchev–Trinajstić information content (AvgIpc) is 3.52. The van der Waals surface area contributed by atoms with Crippen molar-refractivity contribution in [2.45, 2.75) is 24.3 Å². The molecule has 33 heavy (non-hydrogen) atoms. The standard InChI is InChI=1S/C25H26N4O2S2/c1-4-15-28(2)24(30)19-13-11-18(12-14-19)17-33-25-27-26-23(22-10-7-16-32-22)29(25)20-8-5-6-9-21(20)31-3/h5-14,16H,4,15,17H2,1-3H3. The Balaban J connectivity index is 1.58. The largest absolute Gasteiger partial charge is 0.495 e. The van der Waals surface area contributed by atoms with Crippen molar-refractivity contribution >= 4 is 29.0 Å². The maximum Gasteiger partial charge on any atom is 0.253 e. The Morgan fingerprint density at radius 3 is 2.58 bits per heavy atom. The minimum Gasteiger partial charge on any atom is -0.495 e. The van der Waals surface area contributed by atoms with E-state index < -0.39 is 0 Å². The predicted molar refractivity (Wildman–Crippen MR) is 134 cm³/mol. The van der Waals surface area contributed by atoms with Crippen LogP contribution in [0, 0.1) is 0 Å². The number of ether oxygens (including phenoxy) is 1. The lowest BCUT2D eigenvalue weighted by molar-refractivity contribution is 0.0795. The van der Waals surface area contributed by atoms with E-state index in [-0.39, 0.29) is 5.91 Å². The topological polar surface area (TPSA) is 60.2 Å². The van der Waals surface area contributed by atoms with E-state index in [1.807, 2.05) is 77.7 Å². The van der Waals surface area contributed by atoms with Crippen molar-refractivity contribution in [2.75, 3.05) is 20.7 Å². The smallest absolute Gasteiger partial charge is 0.253 e. The van der Waals surface area contributed by atoms with Gasteiger partial charge in [0.25, 0.3) is 5.91 Å². The fourth-order valence-electron chi connectivity index (χ4n) is 3.51. The molecule has 4 aromatic rings. The van der Waals surface area contributed by atoms with Crippen molar-refractivity contribution in [1.82, 2.24) is 19.7 Å². The molecular formula is C25H26N4O2S2. The van der Waals surface area contributed by atoms with E-state index in [1.165, 1.54) is 0 Å². The van der Waals surface area contributed by atoms with Gasteiger partial charge in [-0.1, -0.05) is 49.0 Å². The molecule has 4 rings (SSSR count). The van der Waals surface area contributed by atoms with Gasteiger partial charge in [0.1, 0.15) is 5.75 Å². The molecule has 8 heteroatoms. The van der Waals surface area contributed by atoms with Gasteiger partial charge in [-0.2, -0.15) is 0 Å². The number of para-hydroxylation sites is 2. The molecule has 0 spiro atoms. The fraction of sp³-hybridized carbons (Fsp3) is 0.240. The summed E-state index contributed by atoms with van der Waals surface area (Å²) >= 11 is 3.23. The van der Waals surface area contributed by atoms with E-state index in [0.29, 0.717) is 11.3 Å². The second-order valence-corrected chi connectivity index (χ2v) is 9.39. The minimum atomic E-state index is 0.0487. The Morgan fingerprint density at radius 1 is 1.09 bits per heavy atom. The van der Waals surface area contributed by atoms with E-state index in [4.69, 9.17) is 4.74 Å². The van der Waals surface area contributed by atoms with Gasteiger partial charge in [0.05, 0.1) is 17.7 Å². The normalized spacial score (nSPS) is 10.9. The van der Waals surface area contributed by atoms with Gasteiger partial charge >= 0.3 is 0 Å². The molecule has 0 atom stereocenters. The molecule has 2 aromatic heterocycles. The first-order valence-electron chi connectivity index (χ1n) is 10.7. The van der Waals surface area contributed by atoms with Crippen LogP contribution in [0.5, 0.6) is 5.75 Å². The van der Waals surface area contributed by atoms with Crippen molar-refractivity contribution < 1.29 is 9.53 Å². The second kappa shape index (κ2) is 10.7. The van der Waals surface area contributed by atoms with Crippen molar-refractivity contribution in [1.29, 1.82) is 0 Å². The molecule has 170 valence electrons. The van der Waals surface area contributed by atoms with Crippen LogP contribution in [-0.4, -0.2) is 46.3 Å². The number of rotatable bonds is 9. The van der Waals surface area contributed by atoms with E-state index in [9.17, 15) is 4.79 Å². The summed E-state index contributed by atoms with van der Waals surface area (Å²) in [5, 5.41) is 11.8. The number of hydrogen-bond acceptors (Lipinski definition) is 6. The molecule has 2 heterocycles. The summed E-state index contributed by atoms with van der Waals surface area (Å²) in [5.41, 5.74) is 2.72. The molecule has 0 aliphatic heterocycles. The highest BCUT2D eigenvalue weighted by atomic mass is 32.2. The molecule has 0 unspecified atom stereocenters. The van der Waals surface area contributed by atoms with Crippen molar-refractivity contribution in [3.05, 3.63) is 77.2 Å². The first kappa shape index (κ1) is 23.1. The lowest BCUT2D eigenvalue weighted by Gasteiger charge is -2.16. The Labute approximate surface area is 202 Å². The number of aromatic nitrogens is 3. The molecule has 0 saturated carbocycles. The number of thiophene rings is 1. The maximum absolute atomic E-state index is 12.5. The molecule has 0 bridgehead atoms. The van der Waals surface area contributed by atoms with Gasteiger partial charge in [-0.25, -0.2) is 0 Å².